The smallest absolute Gasteiger partial charge is 0.407 e. The Kier molecular flexibility index (Phi) is 4.85. The van der Waals surface area contributed by atoms with Gasteiger partial charge < -0.3 is 14.9 Å². The third-order valence-electron chi connectivity index (χ3n) is 4.64. The Balaban J connectivity index is 1.69. The third kappa shape index (κ3) is 3.76. The molecule has 2 heterocycles. The summed E-state index contributed by atoms with van der Waals surface area (Å²) in [6, 6.07) is 3.34. The van der Waals surface area contributed by atoms with E-state index < -0.39 is 29.3 Å². The van der Waals surface area contributed by atoms with E-state index >= 15 is 0 Å². The lowest BCUT2D eigenvalue weighted by atomic mass is 10.1. The molecule has 2 aliphatic heterocycles. The first kappa shape index (κ1) is 18.8. The number of nitro benzene ring substituents is 1. The van der Waals surface area contributed by atoms with Crippen molar-refractivity contribution in [2.24, 2.45) is 0 Å². The molecule has 1 fully saturated rings. The molecule has 0 radical (unpaired) electrons. The van der Waals surface area contributed by atoms with E-state index in [1.807, 2.05) is 0 Å². The number of benzene rings is 1. The molecule has 1 amide bonds. The topological polar surface area (TPSA) is 90.2 Å². The molecule has 2 aliphatic rings. The van der Waals surface area contributed by atoms with Gasteiger partial charge in [0.15, 0.2) is 5.82 Å². The Hall–Kier alpha value is -2.98. The first-order valence-electron chi connectivity index (χ1n) is 8.19. The van der Waals surface area contributed by atoms with E-state index in [4.69, 9.17) is 5.11 Å². The van der Waals surface area contributed by atoms with Crippen molar-refractivity contribution in [2.45, 2.75) is 5.92 Å². The molecule has 0 bridgehead atoms. The monoisotopic (exact) mass is 386 g/mol. The zero-order chi connectivity index (χ0) is 19.8. The van der Waals surface area contributed by atoms with Gasteiger partial charge in [0.05, 0.1) is 28.9 Å². The molecular weight excluding hydrogens is 369 g/mol. The Morgan fingerprint density at radius 2 is 1.81 bits per heavy atom. The molecule has 0 saturated carbocycles. The number of amides is 1. The number of carbonyl (C=O) groups is 1. The van der Waals surface area contributed by atoms with Crippen molar-refractivity contribution in [2.75, 3.05) is 44.2 Å². The van der Waals surface area contributed by atoms with Crippen LogP contribution in [0, 0.1) is 15.9 Å². The minimum Gasteiger partial charge on any atom is -0.465 e. The summed E-state index contributed by atoms with van der Waals surface area (Å²) in [5, 5.41) is 19.6. The summed E-state index contributed by atoms with van der Waals surface area (Å²) in [7, 11) is 0. The standard InChI is InChI=1S/C16H17F3N4O4/c17-12-9-11(23(26)27)1-2-13(12)20-5-7-21(8-6-20)14-3-4-22(15(24)25)10-16(14,18)19/h1-3,9H,4-8,10H2,(H,24,25). The van der Waals surface area contributed by atoms with Crippen LogP contribution < -0.4 is 4.90 Å². The first-order valence-corrected chi connectivity index (χ1v) is 8.19. The number of carboxylic acid groups (broad SMARTS) is 1. The van der Waals surface area contributed by atoms with Crippen LogP contribution in [0.25, 0.3) is 0 Å². The maximum absolute atomic E-state index is 14.3. The highest BCUT2D eigenvalue weighted by Crippen LogP contribution is 2.33. The predicted molar refractivity (Wildman–Crippen MR) is 89.5 cm³/mol. The van der Waals surface area contributed by atoms with E-state index in [9.17, 15) is 28.1 Å². The van der Waals surface area contributed by atoms with Gasteiger partial charge in [-0.1, -0.05) is 0 Å². The maximum Gasteiger partial charge on any atom is 0.407 e. The van der Waals surface area contributed by atoms with Crippen molar-refractivity contribution in [3.63, 3.8) is 0 Å². The van der Waals surface area contributed by atoms with Crippen molar-refractivity contribution in [1.29, 1.82) is 0 Å². The van der Waals surface area contributed by atoms with Gasteiger partial charge in [-0.05, 0) is 12.1 Å². The van der Waals surface area contributed by atoms with E-state index in [1.54, 1.807) is 4.90 Å². The Morgan fingerprint density at radius 3 is 2.33 bits per heavy atom. The van der Waals surface area contributed by atoms with Gasteiger partial charge in [-0.2, -0.15) is 8.78 Å². The summed E-state index contributed by atoms with van der Waals surface area (Å²) in [5.41, 5.74) is -0.393. The second-order valence-electron chi connectivity index (χ2n) is 6.32. The van der Waals surface area contributed by atoms with Gasteiger partial charge in [-0.25, -0.2) is 9.18 Å². The molecule has 27 heavy (non-hydrogen) atoms. The molecule has 146 valence electrons. The molecule has 1 N–H and O–H groups in total. The number of nitrogens with zero attached hydrogens (tertiary/aromatic N) is 4. The quantitative estimate of drug-likeness (QED) is 0.634. The highest BCUT2D eigenvalue weighted by Gasteiger charge is 2.44. The molecule has 0 aromatic heterocycles. The molecule has 0 atom stereocenters. The van der Waals surface area contributed by atoms with Crippen LogP contribution in [0.4, 0.5) is 29.3 Å². The Morgan fingerprint density at radius 1 is 1.19 bits per heavy atom. The fourth-order valence-electron chi connectivity index (χ4n) is 3.29. The van der Waals surface area contributed by atoms with Gasteiger partial charge in [0.2, 0.25) is 0 Å². The summed E-state index contributed by atoms with van der Waals surface area (Å²) in [4.78, 5) is 24.6. The highest BCUT2D eigenvalue weighted by atomic mass is 19.3. The number of non-ortho nitro benzene ring substituents is 1. The molecule has 0 aliphatic carbocycles. The molecule has 1 saturated heterocycles. The summed E-state index contributed by atoms with van der Waals surface area (Å²) in [5.74, 6) is -4.03. The van der Waals surface area contributed by atoms with Crippen LogP contribution >= 0.6 is 0 Å². The van der Waals surface area contributed by atoms with Gasteiger partial charge >= 0.3 is 12.0 Å². The van der Waals surface area contributed by atoms with Crippen LogP contribution in [0.5, 0.6) is 0 Å². The van der Waals surface area contributed by atoms with Gasteiger partial charge in [0, 0.05) is 38.8 Å². The van der Waals surface area contributed by atoms with Gasteiger partial charge in [0.25, 0.3) is 5.69 Å². The van der Waals surface area contributed by atoms with Crippen molar-refractivity contribution in [3.05, 3.63) is 45.9 Å². The zero-order valence-corrected chi connectivity index (χ0v) is 14.1. The van der Waals surface area contributed by atoms with Crippen LogP contribution in [0.15, 0.2) is 30.0 Å². The second kappa shape index (κ2) is 6.97. The minimum atomic E-state index is -3.29. The SMILES string of the molecule is O=C(O)N1CC=C(N2CCN(c3ccc([N+](=O)[O-])cc3F)CC2)C(F)(F)C1. The lowest BCUT2D eigenvalue weighted by molar-refractivity contribution is -0.385. The van der Waals surface area contributed by atoms with E-state index in [2.05, 4.69) is 0 Å². The molecule has 0 unspecified atom stereocenters. The number of rotatable bonds is 3. The number of alkyl halides is 2. The minimum absolute atomic E-state index is 0.114. The predicted octanol–water partition coefficient (Wildman–Crippen LogP) is 2.37. The third-order valence-corrected chi connectivity index (χ3v) is 4.64. The number of hydrogen-bond acceptors (Lipinski definition) is 5. The molecule has 11 heteroatoms. The molecular formula is C16H17F3N4O4. The number of hydrogen-bond donors (Lipinski definition) is 1. The van der Waals surface area contributed by atoms with Crippen molar-refractivity contribution in [3.8, 4) is 0 Å². The zero-order valence-electron chi connectivity index (χ0n) is 14.1. The summed E-state index contributed by atoms with van der Waals surface area (Å²) < 4.78 is 42.8. The van der Waals surface area contributed by atoms with Gasteiger partial charge in [-0.15, -0.1) is 0 Å². The van der Waals surface area contributed by atoms with E-state index in [-0.39, 0.29) is 49.8 Å². The van der Waals surface area contributed by atoms with Crippen LogP contribution in [-0.2, 0) is 0 Å². The highest BCUT2D eigenvalue weighted by molar-refractivity contribution is 5.65. The normalized spacial score (nSPS) is 19.7. The number of halogens is 3. The van der Waals surface area contributed by atoms with Crippen molar-refractivity contribution < 1.29 is 28.0 Å². The summed E-state index contributed by atoms with van der Waals surface area (Å²) in [6.45, 7) is -0.103. The second-order valence-corrected chi connectivity index (χ2v) is 6.32. The van der Waals surface area contributed by atoms with Crippen LogP contribution in [-0.4, -0.2) is 71.1 Å². The Labute approximate surface area is 152 Å². The van der Waals surface area contributed by atoms with Crippen LogP contribution in [0.2, 0.25) is 0 Å². The number of piperazine rings is 1. The average molecular weight is 386 g/mol. The van der Waals surface area contributed by atoms with Gasteiger partial charge in [-0.3, -0.25) is 15.0 Å². The molecule has 3 rings (SSSR count). The fraction of sp³-hybridized carbons (Fsp3) is 0.438. The van der Waals surface area contributed by atoms with E-state index in [1.165, 1.54) is 23.1 Å². The molecule has 1 aromatic rings. The van der Waals surface area contributed by atoms with Crippen molar-refractivity contribution in [1.82, 2.24) is 9.80 Å². The summed E-state index contributed by atoms with van der Waals surface area (Å²) in [6.07, 6.45) is -0.192. The number of anilines is 1. The Bertz CT molecular complexity index is 794. The van der Waals surface area contributed by atoms with Gasteiger partial charge in [0.1, 0.15) is 0 Å². The molecule has 1 aromatic carbocycles. The lowest BCUT2D eigenvalue weighted by Crippen LogP contribution is -2.53. The van der Waals surface area contributed by atoms with Crippen molar-refractivity contribution >= 4 is 17.5 Å². The van der Waals surface area contributed by atoms with Crippen LogP contribution in [0.3, 0.4) is 0 Å². The molecule has 8 nitrogen and oxygen atoms in total. The maximum atomic E-state index is 14.3. The number of nitro groups is 1. The summed E-state index contributed by atoms with van der Waals surface area (Å²) >= 11 is 0. The molecule has 0 spiro atoms. The lowest BCUT2D eigenvalue weighted by Gasteiger charge is -2.42. The first-order chi connectivity index (χ1) is 12.7. The fourth-order valence-corrected chi connectivity index (χ4v) is 3.29. The van der Waals surface area contributed by atoms with Crippen LogP contribution in [0.1, 0.15) is 0 Å². The largest absolute Gasteiger partial charge is 0.465 e. The van der Waals surface area contributed by atoms with E-state index in [0.717, 1.165) is 6.07 Å². The van der Waals surface area contributed by atoms with E-state index in [0.29, 0.717) is 4.90 Å². The average Bonchev–Trinajstić information content (AvgIpc) is 2.61.